The minimum atomic E-state index is -0.914. The molecule has 3 aliphatic heterocycles. The van der Waals surface area contributed by atoms with Crippen LogP contribution in [0.1, 0.15) is 74.2 Å². The van der Waals surface area contributed by atoms with Gasteiger partial charge in [0.25, 0.3) is 5.91 Å². The number of hydrogen-bond acceptors (Lipinski definition) is 8. The Balaban J connectivity index is 1.05. The quantitative estimate of drug-likeness (QED) is 0.295. The summed E-state index contributed by atoms with van der Waals surface area (Å²) in [4.78, 5) is 44.3. The van der Waals surface area contributed by atoms with Crippen molar-refractivity contribution in [3.8, 4) is 17.2 Å². The largest absolute Gasteiger partial charge is 0.493 e. The van der Waals surface area contributed by atoms with Crippen LogP contribution in [0.2, 0.25) is 0 Å². The molecule has 1 aliphatic carbocycles. The molecular weight excluding hydrogens is 612 g/mol. The number of nitrogens with one attached hydrogen (secondary N) is 2. The molecule has 4 fully saturated rings. The van der Waals surface area contributed by atoms with Crippen LogP contribution >= 0.6 is 0 Å². The van der Waals surface area contributed by atoms with Crippen molar-refractivity contribution in [1.82, 2.24) is 20.4 Å². The number of likely N-dealkylation sites (tertiary alicyclic amines) is 1. The van der Waals surface area contributed by atoms with Crippen LogP contribution < -0.4 is 20.1 Å². The fourth-order valence-corrected chi connectivity index (χ4v) is 7.22. The van der Waals surface area contributed by atoms with Gasteiger partial charge in [-0.3, -0.25) is 19.3 Å². The van der Waals surface area contributed by atoms with Crippen molar-refractivity contribution in [3.63, 3.8) is 0 Å². The van der Waals surface area contributed by atoms with Gasteiger partial charge in [-0.05, 0) is 92.7 Å². The first-order valence-corrected chi connectivity index (χ1v) is 17.6. The van der Waals surface area contributed by atoms with Gasteiger partial charge in [-0.2, -0.15) is 0 Å². The highest BCUT2D eigenvalue weighted by Gasteiger charge is 2.55. The number of piperidine rings is 1. The van der Waals surface area contributed by atoms with Gasteiger partial charge in [0.15, 0.2) is 11.5 Å². The molecule has 4 aliphatic rings. The zero-order valence-corrected chi connectivity index (χ0v) is 28.2. The van der Waals surface area contributed by atoms with Gasteiger partial charge in [0.2, 0.25) is 11.8 Å². The summed E-state index contributed by atoms with van der Waals surface area (Å²) in [5.74, 6) is 1.80. The van der Waals surface area contributed by atoms with E-state index in [9.17, 15) is 19.5 Å². The lowest BCUT2D eigenvalue weighted by molar-refractivity contribution is -0.166. The molecule has 3 heterocycles. The van der Waals surface area contributed by atoms with Gasteiger partial charge in [0.05, 0.1) is 13.2 Å². The minimum Gasteiger partial charge on any atom is -0.493 e. The van der Waals surface area contributed by atoms with E-state index in [4.69, 9.17) is 14.2 Å². The standard InChI is InChI=1S/C37H50N4O7/c1-3-4-17-41-35(44)32(33(42)27-13-20-47-21-14-27)39-36(45)37(41)15-18-40(19-16-37)24-26-7-10-29(11-8-26)48-30-12-9-28(22-31(30)46-2)34(43)38-23-25-5-6-25/h7-12,22,25,27,32-33,42H,3-6,13-21,23-24H2,1-2H3,(H,38,43)(H,39,45)/t32-,33?/m1/s1. The molecule has 2 atom stereocenters. The SMILES string of the molecule is CCCCN1C(=O)[C@@H](C(O)C2CCOCC2)NC(=O)C12CCN(Cc1ccc(Oc3ccc(C(=O)NCC4CC4)cc3OC)cc1)CC2. The van der Waals surface area contributed by atoms with Gasteiger partial charge in [-0.1, -0.05) is 25.5 Å². The first kappa shape index (κ1) is 34.2. The molecule has 1 unspecified atom stereocenters. The van der Waals surface area contributed by atoms with Gasteiger partial charge in [-0.25, -0.2) is 0 Å². The van der Waals surface area contributed by atoms with Crippen molar-refractivity contribution in [2.75, 3.05) is 46.5 Å². The number of unbranched alkanes of at least 4 members (excludes halogenated alkanes) is 1. The van der Waals surface area contributed by atoms with Crippen molar-refractivity contribution in [3.05, 3.63) is 53.6 Å². The van der Waals surface area contributed by atoms with Crippen molar-refractivity contribution in [2.45, 2.75) is 82.5 Å². The number of carbonyl (C=O) groups excluding carboxylic acids is 3. The molecule has 1 saturated carbocycles. The highest BCUT2D eigenvalue weighted by Crippen LogP contribution is 2.37. The van der Waals surface area contributed by atoms with Gasteiger partial charge in [0, 0.05) is 51.5 Å². The minimum absolute atomic E-state index is 0.0641. The summed E-state index contributed by atoms with van der Waals surface area (Å²) in [5.41, 5.74) is 0.757. The number of aliphatic hydroxyl groups is 1. The van der Waals surface area contributed by atoms with Crippen molar-refractivity contribution in [2.24, 2.45) is 11.8 Å². The third-order valence-electron chi connectivity index (χ3n) is 10.5. The number of methoxy groups -OCH3 is 1. The molecule has 11 heteroatoms. The fourth-order valence-electron chi connectivity index (χ4n) is 7.22. The Kier molecular flexibility index (Phi) is 10.9. The smallest absolute Gasteiger partial charge is 0.251 e. The van der Waals surface area contributed by atoms with Crippen LogP contribution in [0.5, 0.6) is 17.2 Å². The van der Waals surface area contributed by atoms with Crippen LogP contribution in [-0.4, -0.2) is 96.8 Å². The maximum absolute atomic E-state index is 13.9. The molecule has 6 rings (SSSR count). The molecular formula is C37H50N4O7. The van der Waals surface area contributed by atoms with E-state index in [0.717, 1.165) is 18.4 Å². The van der Waals surface area contributed by atoms with Crippen molar-refractivity contribution < 1.29 is 33.7 Å². The molecule has 3 amide bonds. The number of rotatable bonds is 13. The molecule has 0 aromatic heterocycles. The van der Waals surface area contributed by atoms with E-state index >= 15 is 0 Å². The van der Waals surface area contributed by atoms with Gasteiger partial charge in [-0.15, -0.1) is 0 Å². The van der Waals surface area contributed by atoms with Crippen LogP contribution in [0.4, 0.5) is 0 Å². The van der Waals surface area contributed by atoms with Crippen LogP contribution in [0.15, 0.2) is 42.5 Å². The molecule has 260 valence electrons. The van der Waals surface area contributed by atoms with Crippen LogP contribution in [0.3, 0.4) is 0 Å². The summed E-state index contributed by atoms with van der Waals surface area (Å²) in [7, 11) is 1.56. The predicted octanol–water partition coefficient (Wildman–Crippen LogP) is 3.88. The average molecular weight is 663 g/mol. The van der Waals surface area contributed by atoms with Crippen molar-refractivity contribution >= 4 is 17.7 Å². The normalized spacial score (nSPS) is 22.3. The van der Waals surface area contributed by atoms with E-state index in [-0.39, 0.29) is 23.6 Å². The second-order valence-corrected chi connectivity index (χ2v) is 13.8. The number of nitrogens with zero attached hydrogens (tertiary/aromatic N) is 2. The zero-order chi connectivity index (χ0) is 33.7. The first-order chi connectivity index (χ1) is 23.3. The lowest BCUT2D eigenvalue weighted by Crippen LogP contribution is -2.75. The Labute approximate surface area is 283 Å². The lowest BCUT2D eigenvalue weighted by atomic mass is 9.79. The second kappa shape index (κ2) is 15.3. The fraction of sp³-hybridized carbons (Fsp3) is 0.595. The Hall–Kier alpha value is -3.67. The molecule has 2 aromatic rings. The van der Waals surface area contributed by atoms with E-state index in [2.05, 4.69) is 22.5 Å². The van der Waals surface area contributed by atoms with Gasteiger partial charge >= 0.3 is 0 Å². The number of hydrogen-bond donors (Lipinski definition) is 3. The van der Waals surface area contributed by atoms with Gasteiger partial charge < -0.3 is 34.9 Å². The molecule has 48 heavy (non-hydrogen) atoms. The van der Waals surface area contributed by atoms with Crippen LogP contribution in [0, 0.1) is 11.8 Å². The number of piperazine rings is 1. The van der Waals surface area contributed by atoms with E-state index in [1.165, 1.54) is 12.8 Å². The Bertz CT molecular complexity index is 1430. The summed E-state index contributed by atoms with van der Waals surface area (Å²) in [6.07, 6.45) is 5.63. The Morgan fingerprint density at radius 3 is 2.46 bits per heavy atom. The maximum atomic E-state index is 13.9. The molecule has 1 spiro atoms. The lowest BCUT2D eigenvalue weighted by Gasteiger charge is -2.52. The van der Waals surface area contributed by atoms with E-state index in [1.807, 2.05) is 24.3 Å². The molecule has 2 aromatic carbocycles. The second-order valence-electron chi connectivity index (χ2n) is 13.8. The molecule has 3 saturated heterocycles. The Morgan fingerprint density at radius 2 is 1.79 bits per heavy atom. The summed E-state index contributed by atoms with van der Waals surface area (Å²) >= 11 is 0. The topological polar surface area (TPSA) is 130 Å². The first-order valence-electron chi connectivity index (χ1n) is 17.6. The van der Waals surface area contributed by atoms with E-state index in [1.54, 1.807) is 30.2 Å². The monoisotopic (exact) mass is 662 g/mol. The van der Waals surface area contributed by atoms with E-state index in [0.29, 0.717) is 100 Å². The number of benzene rings is 2. The number of ether oxygens (including phenoxy) is 3. The van der Waals surface area contributed by atoms with Crippen LogP contribution in [-0.2, 0) is 20.9 Å². The zero-order valence-electron chi connectivity index (χ0n) is 28.2. The Morgan fingerprint density at radius 1 is 1.06 bits per heavy atom. The summed E-state index contributed by atoms with van der Waals surface area (Å²) in [6.45, 7) is 6.49. The summed E-state index contributed by atoms with van der Waals surface area (Å²) in [5, 5.41) is 17.1. The summed E-state index contributed by atoms with van der Waals surface area (Å²) in [6, 6.07) is 12.2. The average Bonchev–Trinajstić information content (AvgIpc) is 3.95. The molecule has 11 nitrogen and oxygen atoms in total. The van der Waals surface area contributed by atoms with E-state index < -0.39 is 17.7 Å². The highest BCUT2D eigenvalue weighted by molar-refractivity contribution is 6.00. The maximum Gasteiger partial charge on any atom is 0.251 e. The van der Waals surface area contributed by atoms with Crippen LogP contribution in [0.25, 0.3) is 0 Å². The number of carbonyl (C=O) groups is 3. The summed E-state index contributed by atoms with van der Waals surface area (Å²) < 4.78 is 17.1. The molecule has 3 N–H and O–H groups in total. The van der Waals surface area contributed by atoms with Gasteiger partial charge in [0.1, 0.15) is 17.3 Å². The number of aliphatic hydroxyl groups excluding tert-OH is 1. The third kappa shape index (κ3) is 7.63. The number of amides is 3. The van der Waals surface area contributed by atoms with Crippen molar-refractivity contribution in [1.29, 1.82) is 0 Å². The highest BCUT2D eigenvalue weighted by atomic mass is 16.5. The molecule has 0 radical (unpaired) electrons. The predicted molar refractivity (Wildman–Crippen MR) is 180 cm³/mol. The molecule has 0 bridgehead atoms. The third-order valence-corrected chi connectivity index (χ3v) is 10.5.